The Bertz CT molecular complexity index is 454. The topological polar surface area (TPSA) is 45.0 Å². The zero-order chi connectivity index (χ0) is 13.8. The van der Waals surface area contributed by atoms with Gasteiger partial charge in [-0.2, -0.15) is 5.26 Å². The van der Waals surface area contributed by atoms with Crippen LogP contribution in [0.25, 0.3) is 0 Å². The number of halogens is 1. The van der Waals surface area contributed by atoms with Crippen LogP contribution in [0.5, 0.6) is 5.75 Å². The minimum Gasteiger partial charge on any atom is -0.491 e. The first-order valence-corrected chi connectivity index (χ1v) is 5.94. The van der Waals surface area contributed by atoms with Crippen molar-refractivity contribution < 1.29 is 9.13 Å². The van der Waals surface area contributed by atoms with Gasteiger partial charge in [-0.05, 0) is 51.5 Å². The summed E-state index contributed by atoms with van der Waals surface area (Å²) in [5.41, 5.74) is -0.223. The Hall–Kier alpha value is -1.60. The van der Waals surface area contributed by atoms with Crippen molar-refractivity contribution in [1.29, 1.82) is 5.26 Å². The number of rotatable bonds is 5. The first-order chi connectivity index (χ1) is 8.36. The smallest absolute Gasteiger partial charge is 0.138 e. The third-order valence-corrected chi connectivity index (χ3v) is 2.51. The van der Waals surface area contributed by atoms with Crippen LogP contribution >= 0.6 is 0 Å². The summed E-state index contributed by atoms with van der Waals surface area (Å²) in [6.45, 7) is 7.61. The van der Waals surface area contributed by atoms with Gasteiger partial charge in [-0.15, -0.1) is 0 Å². The van der Waals surface area contributed by atoms with Gasteiger partial charge in [0, 0.05) is 6.04 Å². The lowest BCUT2D eigenvalue weighted by Gasteiger charge is -2.25. The summed E-state index contributed by atoms with van der Waals surface area (Å²) < 4.78 is 18.6. The zero-order valence-electron chi connectivity index (χ0n) is 11.2. The quantitative estimate of drug-likeness (QED) is 0.874. The second-order valence-corrected chi connectivity index (χ2v) is 4.94. The van der Waals surface area contributed by atoms with Crippen LogP contribution in [-0.2, 0) is 0 Å². The van der Waals surface area contributed by atoms with Gasteiger partial charge in [-0.1, -0.05) is 0 Å². The van der Waals surface area contributed by atoms with Crippen LogP contribution < -0.4 is 10.1 Å². The van der Waals surface area contributed by atoms with Crippen molar-refractivity contribution in [3.63, 3.8) is 0 Å². The van der Waals surface area contributed by atoms with Crippen LogP contribution in [0.2, 0.25) is 0 Å². The van der Waals surface area contributed by atoms with Gasteiger partial charge in [-0.25, -0.2) is 4.39 Å². The van der Waals surface area contributed by atoms with E-state index < -0.39 is 5.54 Å². The number of aryl methyl sites for hydroxylation is 1. The molecule has 0 aliphatic heterocycles. The summed E-state index contributed by atoms with van der Waals surface area (Å²) in [5.74, 6) is 0.312. The number of nitriles is 1. The van der Waals surface area contributed by atoms with Gasteiger partial charge in [0.2, 0.25) is 0 Å². The summed E-state index contributed by atoms with van der Waals surface area (Å²) >= 11 is 0. The lowest BCUT2D eigenvalue weighted by Crippen LogP contribution is -2.49. The fraction of sp³-hybridized carbons (Fsp3) is 0.500. The largest absolute Gasteiger partial charge is 0.491 e. The molecule has 18 heavy (non-hydrogen) atoms. The van der Waals surface area contributed by atoms with Gasteiger partial charge < -0.3 is 4.74 Å². The average molecular weight is 250 g/mol. The second-order valence-electron chi connectivity index (χ2n) is 4.94. The normalized spacial score (nSPS) is 14.1. The fourth-order valence-electron chi connectivity index (χ4n) is 1.68. The molecule has 3 nitrogen and oxygen atoms in total. The Labute approximate surface area is 108 Å². The third-order valence-electron chi connectivity index (χ3n) is 2.51. The van der Waals surface area contributed by atoms with Gasteiger partial charge in [0.15, 0.2) is 0 Å². The van der Waals surface area contributed by atoms with Crippen LogP contribution in [0.1, 0.15) is 26.3 Å². The van der Waals surface area contributed by atoms with E-state index in [0.29, 0.717) is 11.3 Å². The van der Waals surface area contributed by atoms with E-state index in [2.05, 4.69) is 11.4 Å². The van der Waals surface area contributed by atoms with Crippen LogP contribution in [0.3, 0.4) is 0 Å². The van der Waals surface area contributed by atoms with Crippen LogP contribution in [-0.4, -0.2) is 18.2 Å². The lowest BCUT2D eigenvalue weighted by atomic mass is 10.1. The second kappa shape index (κ2) is 5.83. The molecule has 1 rings (SSSR count). The zero-order valence-corrected chi connectivity index (χ0v) is 11.2. The first-order valence-electron chi connectivity index (χ1n) is 5.94. The first kappa shape index (κ1) is 14.5. The maximum absolute atomic E-state index is 13.1. The van der Waals surface area contributed by atoms with Crippen molar-refractivity contribution in [2.24, 2.45) is 0 Å². The van der Waals surface area contributed by atoms with E-state index in [1.807, 2.05) is 13.8 Å². The standard InChI is InChI=1S/C14H19FN2O/c1-10(2)17-14(4,8-16)9-18-12-5-6-13(15)11(3)7-12/h5-7,10,17H,9H2,1-4H3. The number of hydrogen-bond acceptors (Lipinski definition) is 3. The summed E-state index contributed by atoms with van der Waals surface area (Å²) in [5, 5.41) is 12.3. The van der Waals surface area contributed by atoms with Crippen molar-refractivity contribution >= 4 is 0 Å². The van der Waals surface area contributed by atoms with Crippen molar-refractivity contribution in [1.82, 2.24) is 5.32 Å². The molecule has 4 heteroatoms. The van der Waals surface area contributed by atoms with E-state index in [1.165, 1.54) is 6.07 Å². The van der Waals surface area contributed by atoms with Gasteiger partial charge in [-0.3, -0.25) is 5.32 Å². The molecule has 1 aromatic carbocycles. The molecule has 0 saturated heterocycles. The van der Waals surface area contributed by atoms with Crippen molar-refractivity contribution in [3.8, 4) is 11.8 Å². The van der Waals surface area contributed by atoms with Crippen molar-refractivity contribution in [2.75, 3.05) is 6.61 Å². The highest BCUT2D eigenvalue weighted by atomic mass is 19.1. The number of benzene rings is 1. The molecule has 0 saturated carbocycles. The number of nitrogens with one attached hydrogen (secondary N) is 1. The molecule has 1 unspecified atom stereocenters. The highest BCUT2D eigenvalue weighted by Gasteiger charge is 2.25. The fourth-order valence-corrected chi connectivity index (χ4v) is 1.68. The highest BCUT2D eigenvalue weighted by molar-refractivity contribution is 5.29. The van der Waals surface area contributed by atoms with Crippen LogP contribution in [0.15, 0.2) is 18.2 Å². The van der Waals surface area contributed by atoms with Gasteiger partial charge in [0.1, 0.15) is 23.7 Å². The van der Waals surface area contributed by atoms with E-state index in [-0.39, 0.29) is 18.5 Å². The molecule has 0 aromatic heterocycles. The number of hydrogen-bond donors (Lipinski definition) is 1. The van der Waals surface area contributed by atoms with Gasteiger partial charge >= 0.3 is 0 Å². The summed E-state index contributed by atoms with van der Waals surface area (Å²) in [6, 6.07) is 6.94. The molecule has 0 spiro atoms. The molecular weight excluding hydrogens is 231 g/mol. The van der Waals surface area contributed by atoms with E-state index in [4.69, 9.17) is 10.00 Å². The van der Waals surface area contributed by atoms with E-state index >= 15 is 0 Å². The maximum atomic E-state index is 13.1. The Morgan fingerprint density at radius 2 is 2.17 bits per heavy atom. The molecule has 0 fully saturated rings. The van der Waals surface area contributed by atoms with Crippen LogP contribution in [0.4, 0.5) is 4.39 Å². The van der Waals surface area contributed by atoms with E-state index in [0.717, 1.165) is 0 Å². The molecule has 1 atom stereocenters. The predicted octanol–water partition coefficient (Wildman–Crippen LogP) is 2.79. The molecule has 1 N–H and O–H groups in total. The number of nitrogens with zero attached hydrogens (tertiary/aromatic N) is 1. The lowest BCUT2D eigenvalue weighted by molar-refractivity contribution is 0.224. The molecule has 0 radical (unpaired) electrons. The Morgan fingerprint density at radius 1 is 1.50 bits per heavy atom. The van der Waals surface area contributed by atoms with E-state index in [9.17, 15) is 4.39 Å². The molecule has 1 aromatic rings. The minimum absolute atomic E-state index is 0.188. The predicted molar refractivity (Wildman–Crippen MR) is 68.9 cm³/mol. The van der Waals surface area contributed by atoms with Crippen LogP contribution in [0, 0.1) is 24.1 Å². The van der Waals surface area contributed by atoms with Crippen molar-refractivity contribution in [3.05, 3.63) is 29.6 Å². The molecule has 0 amide bonds. The minimum atomic E-state index is -0.754. The molecule has 0 aliphatic carbocycles. The SMILES string of the molecule is Cc1cc(OCC(C)(C#N)NC(C)C)ccc1F. The Kier molecular flexibility index (Phi) is 4.69. The summed E-state index contributed by atoms with van der Waals surface area (Å²) in [6.07, 6.45) is 0. The monoisotopic (exact) mass is 250 g/mol. The van der Waals surface area contributed by atoms with E-state index in [1.54, 1.807) is 26.0 Å². The van der Waals surface area contributed by atoms with Gasteiger partial charge in [0.05, 0.1) is 6.07 Å². The molecule has 98 valence electrons. The maximum Gasteiger partial charge on any atom is 0.138 e. The van der Waals surface area contributed by atoms with Gasteiger partial charge in [0.25, 0.3) is 0 Å². The third kappa shape index (κ3) is 4.01. The highest BCUT2D eigenvalue weighted by Crippen LogP contribution is 2.17. The molecular formula is C14H19FN2O. The number of ether oxygens (including phenoxy) is 1. The molecule has 0 heterocycles. The Balaban J connectivity index is 2.68. The molecule has 0 bridgehead atoms. The summed E-state index contributed by atoms with van der Waals surface area (Å²) in [4.78, 5) is 0. The molecule has 0 aliphatic rings. The summed E-state index contributed by atoms with van der Waals surface area (Å²) in [7, 11) is 0. The van der Waals surface area contributed by atoms with Crippen molar-refractivity contribution in [2.45, 2.75) is 39.3 Å². The average Bonchev–Trinajstić information content (AvgIpc) is 2.30. The Morgan fingerprint density at radius 3 is 2.67 bits per heavy atom.